The molecule has 0 saturated heterocycles. The number of rotatable bonds is 10. The first kappa shape index (κ1) is 18.0. The van der Waals surface area contributed by atoms with E-state index in [9.17, 15) is 5.11 Å². The topological polar surface area (TPSA) is 50.7 Å². The summed E-state index contributed by atoms with van der Waals surface area (Å²) in [5.74, 6) is 0.862. The summed E-state index contributed by atoms with van der Waals surface area (Å²) < 4.78 is 10.8. The molecule has 0 aliphatic rings. The monoisotopic (exact) mass is 295 g/mol. The summed E-state index contributed by atoms with van der Waals surface area (Å²) in [6, 6.07) is 8.42. The minimum atomic E-state index is -0.299. The van der Waals surface area contributed by atoms with Gasteiger partial charge in [0.1, 0.15) is 5.75 Å². The van der Waals surface area contributed by atoms with Gasteiger partial charge in [-0.15, -0.1) is 0 Å². The quantitative estimate of drug-likeness (QED) is 0.696. The molecule has 1 unspecified atom stereocenters. The summed E-state index contributed by atoms with van der Waals surface area (Å²) >= 11 is 0. The Kier molecular flexibility index (Phi) is 7.72. The number of ether oxygens (including phenoxy) is 2. The summed E-state index contributed by atoms with van der Waals surface area (Å²) in [5, 5.41) is 12.9. The molecule has 1 aromatic carbocycles. The van der Waals surface area contributed by atoms with E-state index in [0.29, 0.717) is 12.6 Å². The zero-order chi connectivity index (χ0) is 15.7. The van der Waals surface area contributed by atoms with Gasteiger partial charge in [0.2, 0.25) is 0 Å². The van der Waals surface area contributed by atoms with Crippen LogP contribution in [0.5, 0.6) is 5.75 Å². The van der Waals surface area contributed by atoms with Crippen LogP contribution in [0.1, 0.15) is 32.8 Å². The highest BCUT2D eigenvalue weighted by Gasteiger charge is 2.23. The SMILES string of the molecule is COCCc1ccc(OCCC(C)(CO)NC(C)C)cc1. The van der Waals surface area contributed by atoms with Crippen LogP contribution in [0.25, 0.3) is 0 Å². The Morgan fingerprint density at radius 1 is 1.19 bits per heavy atom. The van der Waals surface area contributed by atoms with Gasteiger partial charge in [-0.25, -0.2) is 0 Å². The minimum absolute atomic E-state index is 0.102. The number of aliphatic hydroxyl groups excluding tert-OH is 1. The summed E-state index contributed by atoms with van der Waals surface area (Å²) in [6.45, 7) is 7.58. The maximum Gasteiger partial charge on any atom is 0.119 e. The van der Waals surface area contributed by atoms with Crippen molar-refractivity contribution in [3.05, 3.63) is 29.8 Å². The van der Waals surface area contributed by atoms with E-state index in [1.807, 2.05) is 19.1 Å². The fourth-order valence-corrected chi connectivity index (χ4v) is 2.26. The van der Waals surface area contributed by atoms with E-state index in [0.717, 1.165) is 25.2 Å². The highest BCUT2D eigenvalue weighted by Crippen LogP contribution is 2.15. The maximum absolute atomic E-state index is 9.52. The number of aliphatic hydroxyl groups is 1. The van der Waals surface area contributed by atoms with E-state index >= 15 is 0 Å². The summed E-state index contributed by atoms with van der Waals surface area (Å²) in [5.41, 5.74) is 0.943. The maximum atomic E-state index is 9.52. The van der Waals surface area contributed by atoms with Crippen molar-refractivity contribution < 1.29 is 14.6 Å². The van der Waals surface area contributed by atoms with E-state index in [-0.39, 0.29) is 12.1 Å². The normalized spacial score (nSPS) is 14.2. The lowest BCUT2D eigenvalue weighted by molar-refractivity contribution is 0.136. The molecule has 0 saturated carbocycles. The standard InChI is InChI=1S/C17H29NO3/c1-14(2)18-17(3,13-19)10-12-21-16-7-5-15(6-8-16)9-11-20-4/h5-8,14,18-19H,9-13H2,1-4H3. The fourth-order valence-electron chi connectivity index (χ4n) is 2.26. The lowest BCUT2D eigenvalue weighted by Gasteiger charge is -2.31. The molecular formula is C17H29NO3. The van der Waals surface area contributed by atoms with Crippen molar-refractivity contribution in [1.29, 1.82) is 0 Å². The van der Waals surface area contributed by atoms with Crippen LogP contribution in [-0.4, -0.2) is 43.6 Å². The second kappa shape index (κ2) is 9.03. The third-order valence-corrected chi connectivity index (χ3v) is 3.43. The zero-order valence-electron chi connectivity index (χ0n) is 13.7. The molecule has 0 radical (unpaired) electrons. The molecule has 0 amide bonds. The molecule has 4 heteroatoms. The molecule has 0 aliphatic heterocycles. The largest absolute Gasteiger partial charge is 0.494 e. The third kappa shape index (κ3) is 6.93. The van der Waals surface area contributed by atoms with Crippen molar-refractivity contribution in [2.45, 2.75) is 45.2 Å². The van der Waals surface area contributed by atoms with Crippen molar-refractivity contribution in [3.63, 3.8) is 0 Å². The molecular weight excluding hydrogens is 266 g/mol. The Hall–Kier alpha value is -1.10. The van der Waals surface area contributed by atoms with E-state index in [1.54, 1.807) is 7.11 Å². The average molecular weight is 295 g/mol. The van der Waals surface area contributed by atoms with Gasteiger partial charge in [-0.3, -0.25) is 0 Å². The molecule has 4 nitrogen and oxygen atoms in total. The lowest BCUT2D eigenvalue weighted by Crippen LogP contribution is -2.49. The van der Waals surface area contributed by atoms with E-state index in [4.69, 9.17) is 9.47 Å². The van der Waals surface area contributed by atoms with E-state index in [1.165, 1.54) is 5.56 Å². The van der Waals surface area contributed by atoms with Crippen molar-refractivity contribution in [3.8, 4) is 5.75 Å². The molecule has 2 N–H and O–H groups in total. The second-order valence-corrected chi connectivity index (χ2v) is 6.00. The van der Waals surface area contributed by atoms with Gasteiger partial charge in [-0.05, 0) is 31.0 Å². The van der Waals surface area contributed by atoms with Gasteiger partial charge in [0.05, 0.1) is 19.8 Å². The Morgan fingerprint density at radius 3 is 2.38 bits per heavy atom. The van der Waals surface area contributed by atoms with Crippen LogP contribution in [0.3, 0.4) is 0 Å². The van der Waals surface area contributed by atoms with Crippen LogP contribution < -0.4 is 10.1 Å². The minimum Gasteiger partial charge on any atom is -0.494 e. The van der Waals surface area contributed by atoms with Crippen molar-refractivity contribution in [2.75, 3.05) is 26.9 Å². The van der Waals surface area contributed by atoms with Crippen molar-refractivity contribution >= 4 is 0 Å². The Morgan fingerprint density at radius 2 is 1.86 bits per heavy atom. The number of methoxy groups -OCH3 is 1. The average Bonchev–Trinajstić information content (AvgIpc) is 2.45. The zero-order valence-corrected chi connectivity index (χ0v) is 13.7. The van der Waals surface area contributed by atoms with Crippen LogP contribution >= 0.6 is 0 Å². The van der Waals surface area contributed by atoms with Crippen LogP contribution in [-0.2, 0) is 11.2 Å². The smallest absolute Gasteiger partial charge is 0.119 e. The van der Waals surface area contributed by atoms with Gasteiger partial charge in [0.25, 0.3) is 0 Å². The van der Waals surface area contributed by atoms with Gasteiger partial charge in [0, 0.05) is 25.1 Å². The first-order valence-corrected chi connectivity index (χ1v) is 7.58. The molecule has 0 bridgehead atoms. The molecule has 21 heavy (non-hydrogen) atoms. The van der Waals surface area contributed by atoms with E-state index in [2.05, 4.69) is 31.3 Å². The van der Waals surface area contributed by atoms with Crippen LogP contribution in [0, 0.1) is 0 Å². The number of hydrogen-bond donors (Lipinski definition) is 2. The summed E-state index contributed by atoms with van der Waals surface area (Å²) in [7, 11) is 1.71. The van der Waals surface area contributed by atoms with Crippen molar-refractivity contribution in [1.82, 2.24) is 5.32 Å². The number of nitrogens with one attached hydrogen (secondary N) is 1. The first-order valence-electron chi connectivity index (χ1n) is 7.58. The molecule has 0 heterocycles. The highest BCUT2D eigenvalue weighted by molar-refractivity contribution is 5.27. The van der Waals surface area contributed by atoms with Crippen LogP contribution in [0.4, 0.5) is 0 Å². The Labute approximate surface area is 128 Å². The highest BCUT2D eigenvalue weighted by atomic mass is 16.5. The van der Waals surface area contributed by atoms with Gasteiger partial charge >= 0.3 is 0 Å². The predicted molar refractivity (Wildman–Crippen MR) is 85.9 cm³/mol. The second-order valence-electron chi connectivity index (χ2n) is 6.00. The van der Waals surface area contributed by atoms with Crippen LogP contribution in [0.15, 0.2) is 24.3 Å². The Balaban J connectivity index is 2.40. The third-order valence-electron chi connectivity index (χ3n) is 3.43. The molecule has 1 atom stereocenters. The van der Waals surface area contributed by atoms with Gasteiger partial charge in [0.15, 0.2) is 0 Å². The Bertz CT molecular complexity index is 392. The molecule has 0 spiro atoms. The van der Waals surface area contributed by atoms with Gasteiger partial charge in [-0.1, -0.05) is 26.0 Å². The molecule has 0 aliphatic carbocycles. The first-order chi connectivity index (χ1) is 9.99. The van der Waals surface area contributed by atoms with E-state index < -0.39 is 0 Å². The number of benzene rings is 1. The summed E-state index contributed by atoms with van der Waals surface area (Å²) in [6.07, 6.45) is 1.67. The fraction of sp³-hybridized carbons (Fsp3) is 0.647. The van der Waals surface area contributed by atoms with Crippen molar-refractivity contribution in [2.24, 2.45) is 0 Å². The molecule has 120 valence electrons. The molecule has 1 rings (SSSR count). The molecule has 0 aromatic heterocycles. The predicted octanol–water partition coefficient (Wildman–Crippen LogP) is 2.39. The van der Waals surface area contributed by atoms with Crippen LogP contribution in [0.2, 0.25) is 0 Å². The van der Waals surface area contributed by atoms with Gasteiger partial charge in [-0.2, -0.15) is 0 Å². The lowest BCUT2D eigenvalue weighted by atomic mass is 9.98. The number of hydrogen-bond acceptors (Lipinski definition) is 4. The molecule has 1 aromatic rings. The van der Waals surface area contributed by atoms with Gasteiger partial charge < -0.3 is 19.9 Å². The molecule has 0 fully saturated rings. The summed E-state index contributed by atoms with van der Waals surface area (Å²) in [4.78, 5) is 0.